The minimum atomic E-state index is -4.30. The molecule has 0 saturated carbocycles. The van der Waals surface area contributed by atoms with Crippen LogP contribution < -0.4 is 19.1 Å². The summed E-state index contributed by atoms with van der Waals surface area (Å²) in [6.45, 7) is 5.87. The van der Waals surface area contributed by atoms with Crippen molar-refractivity contribution >= 4 is 39.1 Å². The Kier molecular flexibility index (Phi) is 12.3. The number of aryl methyl sites for hydroxylation is 1. The summed E-state index contributed by atoms with van der Waals surface area (Å²) in [7, 11) is -1.43. The van der Waals surface area contributed by atoms with Gasteiger partial charge in [0.2, 0.25) is 11.8 Å². The fraction of sp³-hybridized carbons (Fsp3) is 0.375. The summed E-state index contributed by atoms with van der Waals surface area (Å²) in [6.07, 6.45) is 2.06. The van der Waals surface area contributed by atoms with Crippen LogP contribution in [0, 0.1) is 6.92 Å². The standard InChI is InChI=1S/C32H40ClN3O6S/c1-6-8-19-34-32(38)28(7-2)35(21-24-12-10-9-11-23(24)3)31(37)22-36(26-15-13-25(33)14-16-26)43(39,40)27-17-18-29(41-4)30(20-27)42-5/h9-18,20,28H,6-8,19,21-22H2,1-5H3,(H,34,38)/t28-/m0/s1. The van der Waals surface area contributed by atoms with E-state index in [-0.39, 0.29) is 28.8 Å². The maximum Gasteiger partial charge on any atom is 0.264 e. The number of ether oxygens (including phenoxy) is 2. The lowest BCUT2D eigenvalue weighted by molar-refractivity contribution is -0.140. The number of rotatable bonds is 15. The molecule has 232 valence electrons. The molecule has 0 aliphatic carbocycles. The van der Waals surface area contributed by atoms with Gasteiger partial charge in [-0.25, -0.2) is 8.42 Å². The average molecular weight is 630 g/mol. The summed E-state index contributed by atoms with van der Waals surface area (Å²) in [5.74, 6) is -0.222. The molecule has 0 aromatic heterocycles. The van der Waals surface area contributed by atoms with Gasteiger partial charge in [0.1, 0.15) is 12.6 Å². The van der Waals surface area contributed by atoms with Crippen molar-refractivity contribution in [2.24, 2.45) is 0 Å². The number of amides is 2. The first-order valence-electron chi connectivity index (χ1n) is 14.2. The molecule has 0 aliphatic rings. The van der Waals surface area contributed by atoms with Gasteiger partial charge in [0.15, 0.2) is 11.5 Å². The van der Waals surface area contributed by atoms with E-state index >= 15 is 0 Å². The summed E-state index contributed by atoms with van der Waals surface area (Å²) in [6, 6.07) is 17.2. The molecule has 3 aromatic rings. The zero-order valence-electron chi connectivity index (χ0n) is 25.3. The summed E-state index contributed by atoms with van der Waals surface area (Å²) in [4.78, 5) is 28.9. The zero-order chi connectivity index (χ0) is 31.6. The van der Waals surface area contributed by atoms with E-state index in [1.807, 2.05) is 45.0 Å². The number of carbonyl (C=O) groups is 2. The molecular weight excluding hydrogens is 590 g/mol. The highest BCUT2D eigenvalue weighted by Crippen LogP contribution is 2.33. The third kappa shape index (κ3) is 8.42. The van der Waals surface area contributed by atoms with Gasteiger partial charge in [-0.15, -0.1) is 0 Å². The molecule has 9 nitrogen and oxygen atoms in total. The molecule has 0 unspecified atom stereocenters. The number of hydrogen-bond acceptors (Lipinski definition) is 6. The number of halogens is 1. The SMILES string of the molecule is CCCCNC(=O)[C@H](CC)N(Cc1ccccc1C)C(=O)CN(c1ccc(Cl)cc1)S(=O)(=O)c1ccc(OC)c(OC)c1. The van der Waals surface area contributed by atoms with Crippen LogP contribution in [0.15, 0.2) is 71.6 Å². The van der Waals surface area contributed by atoms with Crippen molar-refractivity contribution in [3.63, 3.8) is 0 Å². The third-order valence-corrected chi connectivity index (χ3v) is 9.18. The fourth-order valence-corrected chi connectivity index (χ4v) is 6.19. The van der Waals surface area contributed by atoms with Gasteiger partial charge in [0.25, 0.3) is 10.0 Å². The van der Waals surface area contributed by atoms with E-state index in [2.05, 4.69) is 5.32 Å². The molecule has 0 bridgehead atoms. The van der Waals surface area contributed by atoms with Crippen molar-refractivity contribution in [3.05, 3.63) is 82.9 Å². The molecule has 11 heteroatoms. The lowest BCUT2D eigenvalue weighted by Crippen LogP contribution is -2.52. The monoisotopic (exact) mass is 629 g/mol. The van der Waals surface area contributed by atoms with E-state index < -0.39 is 28.5 Å². The van der Waals surface area contributed by atoms with Gasteiger partial charge >= 0.3 is 0 Å². The highest BCUT2D eigenvalue weighted by Gasteiger charge is 2.34. The summed E-state index contributed by atoms with van der Waals surface area (Å²) in [5, 5.41) is 3.35. The average Bonchev–Trinajstić information content (AvgIpc) is 3.00. The molecule has 3 rings (SSSR count). The molecule has 0 saturated heterocycles. The molecule has 0 heterocycles. The second-order valence-electron chi connectivity index (χ2n) is 10.0. The Balaban J connectivity index is 2.08. The minimum Gasteiger partial charge on any atom is -0.493 e. The number of sulfonamides is 1. The lowest BCUT2D eigenvalue weighted by Gasteiger charge is -2.33. The van der Waals surface area contributed by atoms with Crippen molar-refractivity contribution in [3.8, 4) is 11.5 Å². The van der Waals surface area contributed by atoms with Gasteiger partial charge < -0.3 is 19.7 Å². The number of carbonyl (C=O) groups excluding carboxylic acids is 2. The van der Waals surface area contributed by atoms with Gasteiger partial charge in [-0.1, -0.05) is 56.1 Å². The number of nitrogens with zero attached hydrogens (tertiary/aromatic N) is 2. The largest absolute Gasteiger partial charge is 0.493 e. The number of anilines is 1. The van der Waals surface area contributed by atoms with Crippen molar-refractivity contribution < 1.29 is 27.5 Å². The van der Waals surface area contributed by atoms with E-state index in [0.29, 0.717) is 23.7 Å². The number of hydrogen-bond donors (Lipinski definition) is 1. The Morgan fingerprint density at radius 2 is 1.63 bits per heavy atom. The summed E-state index contributed by atoms with van der Waals surface area (Å²) < 4.78 is 39.9. The predicted octanol–water partition coefficient (Wildman–Crippen LogP) is 5.58. The number of nitrogens with one attached hydrogen (secondary N) is 1. The first-order chi connectivity index (χ1) is 20.6. The Morgan fingerprint density at radius 1 is 0.953 bits per heavy atom. The first-order valence-corrected chi connectivity index (χ1v) is 16.0. The number of benzene rings is 3. The maximum absolute atomic E-state index is 14.2. The van der Waals surface area contributed by atoms with Gasteiger partial charge in [0, 0.05) is 24.2 Å². The molecule has 1 N–H and O–H groups in total. The molecular formula is C32H40ClN3O6S. The van der Waals surface area contributed by atoms with Gasteiger partial charge in [-0.3, -0.25) is 13.9 Å². The summed E-state index contributed by atoms with van der Waals surface area (Å²) in [5.41, 5.74) is 2.05. The molecule has 3 aromatic carbocycles. The van der Waals surface area contributed by atoms with Gasteiger partial charge in [-0.05, 0) is 67.3 Å². The van der Waals surface area contributed by atoms with E-state index in [0.717, 1.165) is 28.3 Å². The topological polar surface area (TPSA) is 105 Å². The summed E-state index contributed by atoms with van der Waals surface area (Å²) >= 11 is 6.11. The van der Waals surface area contributed by atoms with Crippen LogP contribution in [0.4, 0.5) is 5.69 Å². The van der Waals surface area contributed by atoms with Crippen LogP contribution in [-0.4, -0.2) is 58.5 Å². The smallest absolute Gasteiger partial charge is 0.264 e. The van der Waals surface area contributed by atoms with Crippen LogP contribution >= 0.6 is 11.6 Å². The van der Waals surface area contributed by atoms with Crippen molar-refractivity contribution in [2.45, 2.75) is 57.5 Å². The normalized spacial score (nSPS) is 11.9. The van der Waals surface area contributed by atoms with Crippen LogP contribution in [0.3, 0.4) is 0 Å². The molecule has 0 radical (unpaired) electrons. The van der Waals surface area contributed by atoms with E-state index in [1.54, 1.807) is 12.1 Å². The van der Waals surface area contributed by atoms with Crippen molar-refractivity contribution in [1.82, 2.24) is 10.2 Å². The zero-order valence-corrected chi connectivity index (χ0v) is 26.9. The van der Waals surface area contributed by atoms with Crippen LogP contribution in [0.25, 0.3) is 0 Å². The van der Waals surface area contributed by atoms with Gasteiger partial charge in [-0.2, -0.15) is 0 Å². The number of methoxy groups -OCH3 is 2. The van der Waals surface area contributed by atoms with Crippen molar-refractivity contribution in [1.29, 1.82) is 0 Å². The van der Waals surface area contributed by atoms with Crippen molar-refractivity contribution in [2.75, 3.05) is 31.6 Å². The molecule has 2 amide bonds. The fourth-order valence-electron chi connectivity index (χ4n) is 4.64. The third-order valence-electron chi connectivity index (χ3n) is 7.15. The van der Waals surface area contributed by atoms with E-state index in [9.17, 15) is 18.0 Å². The minimum absolute atomic E-state index is 0.0947. The second-order valence-corrected chi connectivity index (χ2v) is 12.3. The predicted molar refractivity (Wildman–Crippen MR) is 169 cm³/mol. The lowest BCUT2D eigenvalue weighted by atomic mass is 10.1. The quantitative estimate of drug-likeness (QED) is 0.220. The van der Waals surface area contributed by atoms with Crippen LogP contribution in [0.2, 0.25) is 5.02 Å². The Hall–Kier alpha value is -3.76. The molecule has 0 spiro atoms. The van der Waals surface area contributed by atoms with E-state index in [1.165, 1.54) is 49.5 Å². The molecule has 1 atom stereocenters. The molecule has 43 heavy (non-hydrogen) atoms. The van der Waals surface area contributed by atoms with E-state index in [4.69, 9.17) is 21.1 Å². The highest BCUT2D eigenvalue weighted by molar-refractivity contribution is 7.92. The Labute approximate surface area is 259 Å². The Bertz CT molecular complexity index is 1500. The second kappa shape index (κ2) is 15.6. The van der Waals surface area contributed by atoms with Crippen LogP contribution in [0.5, 0.6) is 11.5 Å². The molecule has 0 fully saturated rings. The first kappa shape index (κ1) is 33.7. The molecule has 0 aliphatic heterocycles. The van der Waals surface area contributed by atoms with Crippen LogP contribution in [-0.2, 0) is 26.2 Å². The highest BCUT2D eigenvalue weighted by atomic mass is 35.5. The number of unbranched alkanes of at least 4 members (excludes halogenated alkanes) is 1. The Morgan fingerprint density at radius 3 is 2.23 bits per heavy atom. The maximum atomic E-state index is 14.2. The van der Waals surface area contributed by atoms with Crippen LogP contribution in [0.1, 0.15) is 44.2 Å². The van der Waals surface area contributed by atoms with Gasteiger partial charge in [0.05, 0.1) is 24.8 Å².